The van der Waals surface area contributed by atoms with Crippen molar-refractivity contribution in [1.29, 1.82) is 0 Å². The molecule has 0 aliphatic rings. The number of hydrogen-bond acceptors (Lipinski definition) is 3. The standard InChI is InChI=1S/C24H21N3O2/c1-15-8-11-18(12-9-15)23(28)26-19-13-10-16(2)22(14-19)27-17(3)25-21-7-5-4-6-20(21)24(27)29/h4-14H,1-3H3,(H,26,28). The molecular formula is C24H21N3O2. The highest BCUT2D eigenvalue weighted by atomic mass is 16.1. The fourth-order valence-corrected chi connectivity index (χ4v) is 3.36. The number of hydrogen-bond donors (Lipinski definition) is 1. The van der Waals surface area contributed by atoms with Crippen molar-refractivity contribution >= 4 is 22.5 Å². The minimum atomic E-state index is -0.194. The second kappa shape index (κ2) is 7.36. The van der Waals surface area contributed by atoms with Crippen LogP contribution >= 0.6 is 0 Å². The van der Waals surface area contributed by atoms with Gasteiger partial charge >= 0.3 is 0 Å². The number of amides is 1. The van der Waals surface area contributed by atoms with E-state index in [-0.39, 0.29) is 11.5 Å². The molecule has 3 aromatic carbocycles. The summed E-state index contributed by atoms with van der Waals surface area (Å²) in [5.41, 5.74) is 4.46. The summed E-state index contributed by atoms with van der Waals surface area (Å²) in [5, 5.41) is 3.48. The molecule has 144 valence electrons. The SMILES string of the molecule is Cc1ccc(C(=O)Nc2ccc(C)c(-n3c(C)nc4ccccc4c3=O)c2)cc1. The quantitative estimate of drug-likeness (QED) is 0.564. The van der Waals surface area contributed by atoms with E-state index >= 15 is 0 Å². The van der Waals surface area contributed by atoms with Crippen LogP contribution in [0, 0.1) is 20.8 Å². The lowest BCUT2D eigenvalue weighted by Crippen LogP contribution is -2.23. The van der Waals surface area contributed by atoms with E-state index in [0.29, 0.717) is 33.7 Å². The Kier molecular flexibility index (Phi) is 4.72. The number of fused-ring (bicyclic) bond motifs is 1. The molecule has 1 aromatic heterocycles. The lowest BCUT2D eigenvalue weighted by atomic mass is 10.1. The van der Waals surface area contributed by atoms with Crippen LogP contribution < -0.4 is 10.9 Å². The van der Waals surface area contributed by atoms with Crippen LogP contribution in [-0.4, -0.2) is 15.5 Å². The van der Waals surface area contributed by atoms with Gasteiger partial charge in [0.05, 0.1) is 16.6 Å². The second-order valence-electron chi connectivity index (χ2n) is 7.14. The average molecular weight is 383 g/mol. The summed E-state index contributed by atoms with van der Waals surface area (Å²) in [6.07, 6.45) is 0. The number of nitrogens with one attached hydrogen (secondary N) is 1. The van der Waals surface area contributed by atoms with Gasteiger partial charge in [0.25, 0.3) is 11.5 Å². The van der Waals surface area contributed by atoms with Gasteiger partial charge in [0.1, 0.15) is 5.82 Å². The third-order valence-corrected chi connectivity index (χ3v) is 4.97. The molecule has 4 aromatic rings. The topological polar surface area (TPSA) is 64.0 Å². The van der Waals surface area contributed by atoms with E-state index in [0.717, 1.165) is 11.1 Å². The van der Waals surface area contributed by atoms with Crippen LogP contribution in [0.2, 0.25) is 0 Å². The van der Waals surface area contributed by atoms with Crippen LogP contribution in [0.5, 0.6) is 0 Å². The number of aromatic nitrogens is 2. The number of aryl methyl sites for hydroxylation is 3. The van der Waals surface area contributed by atoms with Crippen LogP contribution in [0.15, 0.2) is 71.5 Å². The van der Waals surface area contributed by atoms with Crippen molar-refractivity contribution < 1.29 is 4.79 Å². The Bertz CT molecular complexity index is 1290. The van der Waals surface area contributed by atoms with E-state index in [9.17, 15) is 9.59 Å². The van der Waals surface area contributed by atoms with Crippen molar-refractivity contribution in [2.75, 3.05) is 5.32 Å². The molecule has 29 heavy (non-hydrogen) atoms. The minimum absolute atomic E-state index is 0.127. The van der Waals surface area contributed by atoms with Gasteiger partial charge in [0.15, 0.2) is 0 Å². The molecule has 1 amide bonds. The molecule has 0 unspecified atom stereocenters. The lowest BCUT2D eigenvalue weighted by molar-refractivity contribution is 0.102. The molecule has 1 heterocycles. The third-order valence-electron chi connectivity index (χ3n) is 4.97. The van der Waals surface area contributed by atoms with Gasteiger partial charge in [0, 0.05) is 11.3 Å². The molecule has 0 bridgehead atoms. The Morgan fingerprint density at radius 2 is 1.66 bits per heavy atom. The third kappa shape index (κ3) is 3.55. The van der Waals surface area contributed by atoms with Crippen LogP contribution in [0.25, 0.3) is 16.6 Å². The molecule has 4 rings (SSSR count). The highest BCUT2D eigenvalue weighted by Gasteiger charge is 2.13. The van der Waals surface area contributed by atoms with Crippen molar-refractivity contribution in [3.8, 4) is 5.69 Å². The normalized spacial score (nSPS) is 10.9. The molecular weight excluding hydrogens is 362 g/mol. The lowest BCUT2D eigenvalue weighted by Gasteiger charge is -2.15. The van der Waals surface area contributed by atoms with E-state index in [1.54, 1.807) is 22.8 Å². The van der Waals surface area contributed by atoms with E-state index in [1.807, 2.05) is 69.3 Å². The van der Waals surface area contributed by atoms with Crippen molar-refractivity contribution in [3.63, 3.8) is 0 Å². The van der Waals surface area contributed by atoms with Gasteiger partial charge in [-0.1, -0.05) is 35.9 Å². The Hall–Kier alpha value is -3.73. The monoisotopic (exact) mass is 383 g/mol. The predicted octanol–water partition coefficient (Wildman–Crippen LogP) is 4.56. The summed E-state index contributed by atoms with van der Waals surface area (Å²) in [6, 6.07) is 20.2. The first kappa shape index (κ1) is 18.6. The van der Waals surface area contributed by atoms with Gasteiger partial charge in [-0.05, 0) is 62.7 Å². The number of carbonyl (C=O) groups is 1. The molecule has 0 spiro atoms. The maximum absolute atomic E-state index is 13.1. The Morgan fingerprint density at radius 3 is 2.41 bits per heavy atom. The zero-order chi connectivity index (χ0) is 20.5. The van der Waals surface area contributed by atoms with Gasteiger partial charge < -0.3 is 5.32 Å². The molecule has 0 saturated heterocycles. The summed E-state index contributed by atoms with van der Waals surface area (Å²) in [6.45, 7) is 5.72. The van der Waals surface area contributed by atoms with E-state index in [1.165, 1.54) is 0 Å². The number of para-hydroxylation sites is 1. The Labute approximate surface area is 168 Å². The largest absolute Gasteiger partial charge is 0.322 e. The fourth-order valence-electron chi connectivity index (χ4n) is 3.36. The first-order chi connectivity index (χ1) is 13.9. The smallest absolute Gasteiger partial charge is 0.265 e. The first-order valence-corrected chi connectivity index (χ1v) is 9.41. The van der Waals surface area contributed by atoms with Crippen LogP contribution in [0.3, 0.4) is 0 Å². The van der Waals surface area contributed by atoms with E-state index in [2.05, 4.69) is 10.3 Å². The maximum atomic E-state index is 13.1. The van der Waals surface area contributed by atoms with Gasteiger partial charge in [-0.25, -0.2) is 4.98 Å². The molecule has 0 saturated carbocycles. The van der Waals surface area contributed by atoms with Gasteiger partial charge in [-0.2, -0.15) is 0 Å². The summed E-state index contributed by atoms with van der Waals surface area (Å²) < 4.78 is 1.60. The number of anilines is 1. The van der Waals surface area contributed by atoms with Crippen molar-refractivity contribution in [2.45, 2.75) is 20.8 Å². The Balaban J connectivity index is 1.76. The molecule has 1 N–H and O–H groups in total. The predicted molar refractivity (Wildman–Crippen MR) is 116 cm³/mol. The van der Waals surface area contributed by atoms with E-state index < -0.39 is 0 Å². The molecule has 0 aliphatic carbocycles. The first-order valence-electron chi connectivity index (χ1n) is 9.41. The van der Waals surface area contributed by atoms with Crippen molar-refractivity contribution in [3.05, 3.63) is 99.6 Å². The van der Waals surface area contributed by atoms with Crippen molar-refractivity contribution in [1.82, 2.24) is 9.55 Å². The average Bonchev–Trinajstić information content (AvgIpc) is 2.70. The second-order valence-corrected chi connectivity index (χ2v) is 7.14. The Morgan fingerprint density at radius 1 is 0.931 bits per heavy atom. The van der Waals surface area contributed by atoms with Gasteiger partial charge in [-0.15, -0.1) is 0 Å². The molecule has 5 heteroatoms. The molecule has 0 atom stereocenters. The summed E-state index contributed by atoms with van der Waals surface area (Å²) in [4.78, 5) is 30.3. The minimum Gasteiger partial charge on any atom is -0.322 e. The van der Waals surface area contributed by atoms with E-state index in [4.69, 9.17) is 0 Å². The summed E-state index contributed by atoms with van der Waals surface area (Å²) in [5.74, 6) is 0.402. The molecule has 0 fully saturated rings. The highest BCUT2D eigenvalue weighted by Crippen LogP contribution is 2.21. The number of benzene rings is 3. The molecule has 0 radical (unpaired) electrons. The molecule has 5 nitrogen and oxygen atoms in total. The summed E-state index contributed by atoms with van der Waals surface area (Å²) in [7, 11) is 0. The van der Waals surface area contributed by atoms with Crippen LogP contribution in [0.1, 0.15) is 27.3 Å². The number of nitrogens with zero attached hydrogens (tertiary/aromatic N) is 2. The van der Waals surface area contributed by atoms with Crippen LogP contribution in [-0.2, 0) is 0 Å². The highest BCUT2D eigenvalue weighted by molar-refractivity contribution is 6.04. The van der Waals surface area contributed by atoms with Gasteiger partial charge in [0.2, 0.25) is 0 Å². The molecule has 0 aliphatic heterocycles. The van der Waals surface area contributed by atoms with Crippen molar-refractivity contribution in [2.24, 2.45) is 0 Å². The van der Waals surface area contributed by atoms with Gasteiger partial charge in [-0.3, -0.25) is 14.2 Å². The van der Waals surface area contributed by atoms with Crippen LogP contribution in [0.4, 0.5) is 5.69 Å². The maximum Gasteiger partial charge on any atom is 0.265 e. The summed E-state index contributed by atoms with van der Waals surface area (Å²) >= 11 is 0. The number of carbonyl (C=O) groups excluding carboxylic acids is 1. The number of rotatable bonds is 3. The zero-order valence-electron chi connectivity index (χ0n) is 16.6. The fraction of sp³-hybridized carbons (Fsp3) is 0.125. The zero-order valence-corrected chi connectivity index (χ0v) is 16.6.